The Morgan fingerprint density at radius 1 is 1.06 bits per heavy atom. The van der Waals surface area contributed by atoms with Gasteiger partial charge in [-0.15, -0.1) is 0 Å². The predicted molar refractivity (Wildman–Crippen MR) is 106 cm³/mol. The molecule has 176 valence electrons. The summed E-state index contributed by atoms with van der Waals surface area (Å²) in [4.78, 5) is 11.3. The Bertz CT molecular complexity index is 900. The van der Waals surface area contributed by atoms with Crippen LogP contribution in [0.4, 0.5) is 17.6 Å². The maximum atomic E-state index is 13.7. The molecule has 0 aliphatic heterocycles. The number of aliphatic carboxylic acids is 1. The third-order valence-electron chi connectivity index (χ3n) is 4.16. The lowest BCUT2D eigenvalue weighted by molar-refractivity contribution is -0.153. The van der Waals surface area contributed by atoms with E-state index >= 15 is 0 Å². The zero-order chi connectivity index (χ0) is 23.9. The van der Waals surface area contributed by atoms with Gasteiger partial charge in [0.25, 0.3) is 0 Å². The molecule has 2 aromatic carbocycles. The maximum Gasteiger partial charge on any atom is 0.416 e. The summed E-state index contributed by atoms with van der Waals surface area (Å²) in [6, 6.07) is 8.25. The fourth-order valence-electron chi connectivity index (χ4n) is 2.72. The van der Waals surface area contributed by atoms with Gasteiger partial charge in [0.1, 0.15) is 25.1 Å². The van der Waals surface area contributed by atoms with Crippen LogP contribution in [-0.4, -0.2) is 47.7 Å². The van der Waals surface area contributed by atoms with E-state index in [1.54, 1.807) is 38.1 Å². The molecular weight excluding hydrogens is 436 g/mol. The second kappa shape index (κ2) is 11.1. The van der Waals surface area contributed by atoms with Crippen molar-refractivity contribution in [1.82, 2.24) is 0 Å². The number of benzene rings is 2. The summed E-state index contributed by atoms with van der Waals surface area (Å²) in [7, 11) is 0. The largest absolute Gasteiger partial charge is 0.491 e. The number of halogens is 4. The summed E-state index contributed by atoms with van der Waals surface area (Å²) in [5.41, 5.74) is -0.440. The van der Waals surface area contributed by atoms with Gasteiger partial charge in [-0.3, -0.25) is 0 Å². The third-order valence-corrected chi connectivity index (χ3v) is 4.16. The Morgan fingerprint density at radius 3 is 2.38 bits per heavy atom. The Labute approximate surface area is 182 Å². The first-order valence-electron chi connectivity index (χ1n) is 9.73. The van der Waals surface area contributed by atoms with Gasteiger partial charge < -0.3 is 24.4 Å². The molecule has 0 saturated heterocycles. The molecule has 0 unspecified atom stereocenters. The fraction of sp³-hybridized carbons (Fsp3) is 0.409. The first kappa shape index (κ1) is 25.4. The van der Waals surface area contributed by atoms with Crippen LogP contribution < -0.4 is 9.47 Å². The minimum Gasteiger partial charge on any atom is -0.491 e. The van der Waals surface area contributed by atoms with Crippen molar-refractivity contribution < 1.29 is 46.8 Å². The molecule has 10 heteroatoms. The Balaban J connectivity index is 1.91. The quantitative estimate of drug-likeness (QED) is 0.492. The van der Waals surface area contributed by atoms with E-state index in [4.69, 9.17) is 14.2 Å². The van der Waals surface area contributed by atoms with Gasteiger partial charge in [0, 0.05) is 6.42 Å². The third kappa shape index (κ3) is 8.01. The van der Waals surface area contributed by atoms with Crippen molar-refractivity contribution in [2.75, 3.05) is 13.2 Å². The molecule has 2 atom stereocenters. The van der Waals surface area contributed by atoms with Crippen molar-refractivity contribution in [3.05, 3.63) is 59.4 Å². The molecule has 2 rings (SSSR count). The van der Waals surface area contributed by atoms with Crippen LogP contribution >= 0.6 is 0 Å². The molecule has 0 aliphatic carbocycles. The van der Waals surface area contributed by atoms with E-state index in [2.05, 4.69) is 0 Å². The second-order valence-corrected chi connectivity index (χ2v) is 7.28. The van der Waals surface area contributed by atoms with E-state index < -0.39 is 48.1 Å². The number of hydrogen-bond acceptors (Lipinski definition) is 5. The number of aliphatic hydroxyl groups is 1. The van der Waals surface area contributed by atoms with Crippen molar-refractivity contribution in [1.29, 1.82) is 0 Å². The number of carbonyl (C=O) groups is 1. The van der Waals surface area contributed by atoms with Gasteiger partial charge >= 0.3 is 12.1 Å². The molecule has 0 amide bonds. The average molecular weight is 460 g/mol. The first-order valence-corrected chi connectivity index (χ1v) is 9.73. The van der Waals surface area contributed by atoms with Crippen LogP contribution in [0, 0.1) is 5.82 Å². The van der Waals surface area contributed by atoms with Crippen LogP contribution in [0.5, 0.6) is 11.5 Å². The summed E-state index contributed by atoms with van der Waals surface area (Å²) >= 11 is 0. The molecule has 2 aromatic rings. The maximum absolute atomic E-state index is 13.7. The standard InChI is InChI=1S/C22H24F4O6/c1-13(2)32-20(21(28)29)9-14-4-3-5-17(8-14)30-11-16(27)12-31-19-10-15(22(24,25)26)6-7-18(19)23/h3-8,10,13,16,20,27H,9,11-12H2,1-2H3,(H,28,29)/t16-,20+/m1/s1. The van der Waals surface area contributed by atoms with E-state index in [0.717, 1.165) is 0 Å². The molecule has 0 spiro atoms. The number of alkyl halides is 3. The highest BCUT2D eigenvalue weighted by molar-refractivity contribution is 5.72. The van der Waals surface area contributed by atoms with Crippen molar-refractivity contribution in [3.8, 4) is 11.5 Å². The lowest BCUT2D eigenvalue weighted by Gasteiger charge is -2.17. The number of hydrogen-bond donors (Lipinski definition) is 2. The minimum absolute atomic E-state index is 0.102. The monoisotopic (exact) mass is 460 g/mol. The summed E-state index contributed by atoms with van der Waals surface area (Å²) in [6.45, 7) is 2.67. The number of ether oxygens (including phenoxy) is 3. The van der Waals surface area contributed by atoms with Gasteiger partial charge in [0.15, 0.2) is 17.7 Å². The highest BCUT2D eigenvalue weighted by Crippen LogP contribution is 2.32. The second-order valence-electron chi connectivity index (χ2n) is 7.28. The molecule has 6 nitrogen and oxygen atoms in total. The van der Waals surface area contributed by atoms with Crippen LogP contribution in [0.25, 0.3) is 0 Å². The molecule has 0 aliphatic rings. The van der Waals surface area contributed by atoms with Gasteiger partial charge in [-0.25, -0.2) is 9.18 Å². The van der Waals surface area contributed by atoms with Crippen molar-refractivity contribution in [3.63, 3.8) is 0 Å². The van der Waals surface area contributed by atoms with Crippen LogP contribution in [0.1, 0.15) is 25.0 Å². The number of rotatable bonds is 11. The lowest BCUT2D eigenvalue weighted by Crippen LogP contribution is -2.29. The number of carboxylic acids is 1. The van der Waals surface area contributed by atoms with Crippen molar-refractivity contribution >= 4 is 5.97 Å². The summed E-state index contributed by atoms with van der Waals surface area (Å²) in [5.74, 6) is -2.39. The zero-order valence-electron chi connectivity index (χ0n) is 17.4. The van der Waals surface area contributed by atoms with Crippen molar-refractivity contribution in [2.45, 2.75) is 44.8 Å². The van der Waals surface area contributed by atoms with Gasteiger partial charge in [0.2, 0.25) is 0 Å². The highest BCUT2D eigenvalue weighted by Gasteiger charge is 2.31. The van der Waals surface area contributed by atoms with Crippen LogP contribution in [-0.2, 0) is 22.1 Å². The smallest absolute Gasteiger partial charge is 0.416 e. The Hall–Kier alpha value is -2.85. The van der Waals surface area contributed by atoms with Gasteiger partial charge in [-0.1, -0.05) is 12.1 Å². The topological polar surface area (TPSA) is 85.2 Å². The van der Waals surface area contributed by atoms with E-state index in [9.17, 15) is 32.6 Å². The lowest BCUT2D eigenvalue weighted by atomic mass is 10.1. The van der Waals surface area contributed by atoms with Gasteiger partial charge in [-0.2, -0.15) is 13.2 Å². The van der Waals surface area contributed by atoms with Crippen LogP contribution in [0.15, 0.2) is 42.5 Å². The molecule has 2 N–H and O–H groups in total. The van der Waals surface area contributed by atoms with Crippen molar-refractivity contribution in [2.24, 2.45) is 0 Å². The normalized spacial score (nSPS) is 13.6. The van der Waals surface area contributed by atoms with Crippen LogP contribution in [0.3, 0.4) is 0 Å². The summed E-state index contributed by atoms with van der Waals surface area (Å²) in [5, 5.41) is 19.3. The van der Waals surface area contributed by atoms with Crippen LogP contribution in [0.2, 0.25) is 0 Å². The van der Waals surface area contributed by atoms with Gasteiger partial charge in [0.05, 0.1) is 11.7 Å². The van der Waals surface area contributed by atoms with E-state index in [0.29, 0.717) is 29.5 Å². The Kier molecular flexibility index (Phi) is 8.85. The van der Waals surface area contributed by atoms with Gasteiger partial charge in [-0.05, 0) is 49.7 Å². The van der Waals surface area contributed by atoms with E-state index in [-0.39, 0.29) is 19.1 Å². The molecular formula is C22H24F4O6. The van der Waals surface area contributed by atoms with E-state index in [1.165, 1.54) is 0 Å². The molecule has 0 bridgehead atoms. The molecule has 0 aromatic heterocycles. The zero-order valence-corrected chi connectivity index (χ0v) is 17.4. The van der Waals surface area contributed by atoms with E-state index in [1.807, 2.05) is 0 Å². The first-order chi connectivity index (χ1) is 15.0. The number of carboxylic acid groups (broad SMARTS) is 1. The molecule has 32 heavy (non-hydrogen) atoms. The summed E-state index contributed by atoms with van der Waals surface area (Å²) < 4.78 is 67.7. The summed E-state index contributed by atoms with van der Waals surface area (Å²) in [6.07, 6.45) is -7.12. The molecule has 0 fully saturated rings. The molecule has 0 saturated carbocycles. The Morgan fingerprint density at radius 2 is 1.75 bits per heavy atom. The number of aliphatic hydroxyl groups excluding tert-OH is 1. The average Bonchev–Trinajstić information content (AvgIpc) is 2.70. The SMILES string of the molecule is CC(C)O[C@@H](Cc1cccc(OC[C@@H](O)COc2cc(C(F)(F)F)ccc2F)c1)C(=O)O. The predicted octanol–water partition coefficient (Wildman–Crippen LogP) is 4.08. The highest BCUT2D eigenvalue weighted by atomic mass is 19.4. The minimum atomic E-state index is -4.65. The fourth-order valence-corrected chi connectivity index (χ4v) is 2.72. The molecule has 0 heterocycles. The molecule has 0 radical (unpaired) electrons.